The molecule has 2 N–H and O–H groups in total. The van der Waals surface area contributed by atoms with Crippen LogP contribution in [0.3, 0.4) is 0 Å². The monoisotopic (exact) mass is 400 g/mol. The lowest BCUT2D eigenvalue weighted by Crippen LogP contribution is -2.21. The van der Waals surface area contributed by atoms with E-state index < -0.39 is 36.1 Å². The van der Waals surface area contributed by atoms with E-state index in [2.05, 4.69) is 4.74 Å². The van der Waals surface area contributed by atoms with Crippen LogP contribution in [0.25, 0.3) is 21.5 Å². The molecular weight excluding hydrogens is 392 g/mol. The van der Waals surface area contributed by atoms with Gasteiger partial charge in [-0.15, -0.1) is 0 Å². The number of carbonyl (C=O) groups is 4. The van der Waals surface area contributed by atoms with Gasteiger partial charge in [0, 0.05) is 16.8 Å². The zero-order valence-electron chi connectivity index (χ0n) is 14.0. The number of carbonyl (C=O) groups excluding carboxylic acids is 2. The molecule has 0 aromatic heterocycles. The topological polar surface area (TPSA) is 155 Å². The lowest BCUT2D eigenvalue weighted by molar-refractivity contribution is 0.0869. The molecule has 0 spiro atoms. The van der Waals surface area contributed by atoms with Crippen LogP contribution in [-0.4, -0.2) is 34.8 Å². The Morgan fingerprint density at radius 1 is 0.759 bits per heavy atom. The van der Waals surface area contributed by atoms with Crippen LogP contribution in [0.2, 0.25) is 0 Å². The van der Waals surface area contributed by atoms with Crippen molar-refractivity contribution in [1.29, 1.82) is 0 Å². The summed E-state index contributed by atoms with van der Waals surface area (Å²) in [7, 11) is 0. The van der Waals surface area contributed by atoms with Crippen LogP contribution in [0.4, 0.5) is 19.2 Å². The number of rotatable bonds is 2. The first-order valence-corrected chi connectivity index (χ1v) is 7.79. The minimum atomic E-state index is -1.77. The Morgan fingerprint density at radius 2 is 1.38 bits per heavy atom. The molecule has 0 saturated heterocycles. The van der Waals surface area contributed by atoms with Gasteiger partial charge in [-0.2, -0.15) is 0 Å². The molecule has 29 heavy (non-hydrogen) atoms. The summed E-state index contributed by atoms with van der Waals surface area (Å²) in [5.41, 5.74) is 0. The maximum Gasteiger partial charge on any atom is 0.524 e. The first-order valence-electron chi connectivity index (χ1n) is 7.79. The fourth-order valence-electron chi connectivity index (χ4n) is 3.00. The van der Waals surface area contributed by atoms with Crippen LogP contribution in [0, 0.1) is 0 Å². The van der Waals surface area contributed by atoms with Crippen LogP contribution in [0.5, 0.6) is 23.0 Å². The number of ether oxygens (including phenoxy) is 5. The normalized spacial score (nSPS) is 13.0. The number of carboxylic acid groups (broad SMARTS) is 2. The van der Waals surface area contributed by atoms with Gasteiger partial charge in [-0.1, -0.05) is 24.3 Å². The predicted octanol–water partition coefficient (Wildman–Crippen LogP) is 4.13. The number of hydrogen-bond donors (Lipinski definition) is 2. The van der Waals surface area contributed by atoms with E-state index in [9.17, 15) is 19.2 Å². The van der Waals surface area contributed by atoms with Crippen LogP contribution >= 0.6 is 0 Å². The number of fused-ring (bicyclic) bond motifs is 6. The van der Waals surface area contributed by atoms with E-state index in [4.69, 9.17) is 29.2 Å². The van der Waals surface area contributed by atoms with Crippen molar-refractivity contribution < 1.29 is 53.1 Å². The lowest BCUT2D eigenvalue weighted by atomic mass is 9.98. The first-order chi connectivity index (χ1) is 13.8. The number of hydrogen-bond acceptors (Lipinski definition) is 9. The Bertz CT molecular complexity index is 1230. The summed E-state index contributed by atoms with van der Waals surface area (Å²) in [6, 6.07) is 8.71. The van der Waals surface area contributed by atoms with Crippen molar-refractivity contribution >= 4 is 46.2 Å². The van der Waals surface area contributed by atoms with Crippen molar-refractivity contribution in [3.05, 3.63) is 36.4 Å². The number of benzene rings is 3. The summed E-state index contributed by atoms with van der Waals surface area (Å²) in [5, 5.41) is 19.0. The highest BCUT2D eigenvalue weighted by molar-refractivity contribution is 6.17. The van der Waals surface area contributed by atoms with Gasteiger partial charge in [-0.25, -0.2) is 19.2 Å². The Labute approximate surface area is 159 Å². The third-order valence-corrected chi connectivity index (χ3v) is 3.91. The van der Waals surface area contributed by atoms with Crippen LogP contribution in [0.15, 0.2) is 36.4 Å². The molecule has 0 aliphatic carbocycles. The first kappa shape index (κ1) is 17.9. The van der Waals surface area contributed by atoms with Gasteiger partial charge in [0.15, 0.2) is 11.5 Å². The highest BCUT2D eigenvalue weighted by atomic mass is 16.8. The molecule has 1 aliphatic rings. The van der Waals surface area contributed by atoms with E-state index in [1.165, 1.54) is 12.1 Å². The average Bonchev–Trinajstić information content (AvgIpc) is 2.62. The van der Waals surface area contributed by atoms with Crippen molar-refractivity contribution in [3.63, 3.8) is 0 Å². The zero-order chi connectivity index (χ0) is 20.7. The lowest BCUT2D eigenvalue weighted by Gasteiger charge is -2.18. The van der Waals surface area contributed by atoms with Crippen LogP contribution in [-0.2, 0) is 4.74 Å². The van der Waals surface area contributed by atoms with Gasteiger partial charge in [0.25, 0.3) is 0 Å². The van der Waals surface area contributed by atoms with Crippen molar-refractivity contribution in [1.82, 2.24) is 0 Å². The van der Waals surface area contributed by atoms with Gasteiger partial charge in [0.1, 0.15) is 11.5 Å². The fraction of sp³-hybridized carbons (Fsp3) is 0. The maximum absolute atomic E-state index is 11.7. The molecule has 1 aliphatic heterocycles. The van der Waals surface area contributed by atoms with Gasteiger partial charge in [-0.3, -0.25) is 0 Å². The quantitative estimate of drug-likeness (QED) is 0.276. The maximum atomic E-state index is 11.7. The molecule has 11 nitrogen and oxygen atoms in total. The van der Waals surface area contributed by atoms with Crippen molar-refractivity contribution in [3.8, 4) is 23.0 Å². The SMILES string of the molecule is O=C(O)Oc1c(OC(=O)O)c2c3cc(cc2c2ccccc12)OC(=O)OC(=O)O3. The molecule has 0 amide bonds. The second-order valence-electron chi connectivity index (χ2n) is 5.59. The van der Waals surface area contributed by atoms with Gasteiger partial charge in [0.05, 0.1) is 5.39 Å². The summed E-state index contributed by atoms with van der Waals surface area (Å²) >= 11 is 0. The Kier molecular flexibility index (Phi) is 4.04. The van der Waals surface area contributed by atoms with E-state index in [0.717, 1.165) is 6.07 Å². The van der Waals surface area contributed by atoms with E-state index in [1.807, 2.05) is 0 Å². The van der Waals surface area contributed by atoms with Gasteiger partial charge >= 0.3 is 24.6 Å². The van der Waals surface area contributed by atoms with Crippen molar-refractivity contribution in [2.75, 3.05) is 0 Å². The second kappa shape index (κ2) is 6.56. The molecule has 0 fully saturated rings. The molecule has 2 bridgehead atoms. The molecule has 0 unspecified atom stereocenters. The molecule has 0 saturated carbocycles. The molecule has 3 aromatic rings. The smallest absolute Gasteiger partial charge is 0.449 e. The van der Waals surface area contributed by atoms with Gasteiger partial charge < -0.3 is 33.9 Å². The molecule has 146 valence electrons. The molecule has 3 aromatic carbocycles. The Balaban J connectivity index is 2.19. The third-order valence-electron chi connectivity index (χ3n) is 3.91. The van der Waals surface area contributed by atoms with E-state index >= 15 is 0 Å². The summed E-state index contributed by atoms with van der Waals surface area (Å²) < 4.78 is 23.7. The molecule has 1 heterocycles. The van der Waals surface area contributed by atoms with Crippen molar-refractivity contribution in [2.45, 2.75) is 0 Å². The highest BCUT2D eigenvalue weighted by Crippen LogP contribution is 2.49. The Hall–Kier alpha value is -4.54. The zero-order valence-corrected chi connectivity index (χ0v) is 14.0. The van der Waals surface area contributed by atoms with Gasteiger partial charge in [-0.05, 0) is 11.5 Å². The summed E-state index contributed by atoms with van der Waals surface area (Å²) in [6.07, 6.45) is -6.26. The standard InChI is InChI=1S/C18H8O11/c19-15(20)27-13-9-4-2-1-3-8(9)10-5-7-6-11(12(10)14(13)28-16(21)22)26-18(24)29-17(23)25-7/h1-6H,(H,19,20)(H,21,22). The van der Waals surface area contributed by atoms with Gasteiger partial charge in [0.2, 0.25) is 0 Å². The molecule has 4 rings (SSSR count). The third kappa shape index (κ3) is 3.16. The van der Waals surface area contributed by atoms with Crippen LogP contribution in [0.1, 0.15) is 0 Å². The molecular formula is C18H8O11. The average molecular weight is 400 g/mol. The molecule has 11 heteroatoms. The molecule has 0 atom stereocenters. The van der Waals surface area contributed by atoms with E-state index in [0.29, 0.717) is 5.39 Å². The molecule has 0 radical (unpaired) electrons. The fourth-order valence-corrected chi connectivity index (χ4v) is 3.00. The second-order valence-corrected chi connectivity index (χ2v) is 5.59. The minimum absolute atomic E-state index is 0.0664. The summed E-state index contributed by atoms with van der Waals surface area (Å²) in [5.74, 6) is -1.33. The summed E-state index contributed by atoms with van der Waals surface area (Å²) in [4.78, 5) is 45.7. The van der Waals surface area contributed by atoms with Crippen molar-refractivity contribution in [2.24, 2.45) is 0 Å². The Morgan fingerprint density at radius 3 is 2.07 bits per heavy atom. The predicted molar refractivity (Wildman–Crippen MR) is 91.9 cm³/mol. The minimum Gasteiger partial charge on any atom is -0.449 e. The van der Waals surface area contributed by atoms with Crippen LogP contribution < -0.4 is 18.9 Å². The van der Waals surface area contributed by atoms with E-state index in [-0.39, 0.29) is 27.7 Å². The highest BCUT2D eigenvalue weighted by Gasteiger charge is 2.28. The largest absolute Gasteiger partial charge is 0.524 e. The van der Waals surface area contributed by atoms with E-state index in [1.54, 1.807) is 18.2 Å². The number of cyclic esters (lactones) is 2. The summed E-state index contributed by atoms with van der Waals surface area (Å²) in [6.45, 7) is 0.